The summed E-state index contributed by atoms with van der Waals surface area (Å²) in [7, 11) is 0. The Bertz CT molecular complexity index is 765. The van der Waals surface area contributed by atoms with Gasteiger partial charge in [0.25, 0.3) is 0 Å². The summed E-state index contributed by atoms with van der Waals surface area (Å²) in [6.45, 7) is 8.42. The van der Waals surface area contributed by atoms with E-state index < -0.39 is 0 Å². The fourth-order valence-corrected chi connectivity index (χ4v) is 4.09. The van der Waals surface area contributed by atoms with Crippen molar-refractivity contribution in [1.29, 1.82) is 0 Å². The highest BCUT2D eigenvalue weighted by molar-refractivity contribution is 5.80. The molecule has 6 heteroatoms. The zero-order valence-electron chi connectivity index (χ0n) is 16.1. The van der Waals surface area contributed by atoms with Crippen molar-refractivity contribution in [3.05, 3.63) is 53.9 Å². The van der Waals surface area contributed by atoms with E-state index in [9.17, 15) is 0 Å². The molecule has 27 heavy (non-hydrogen) atoms. The van der Waals surface area contributed by atoms with Gasteiger partial charge in [0.1, 0.15) is 0 Å². The third-order valence-corrected chi connectivity index (χ3v) is 5.56. The highest BCUT2D eigenvalue weighted by atomic mass is 16.5. The average molecular weight is 367 g/mol. The second-order valence-corrected chi connectivity index (χ2v) is 7.67. The van der Waals surface area contributed by atoms with Gasteiger partial charge >= 0.3 is 0 Å². The van der Waals surface area contributed by atoms with Gasteiger partial charge in [-0.25, -0.2) is 4.99 Å². The third kappa shape index (κ3) is 4.33. The highest BCUT2D eigenvalue weighted by Crippen LogP contribution is 2.38. The summed E-state index contributed by atoms with van der Waals surface area (Å²) >= 11 is 0. The molecular weight excluding hydrogens is 338 g/mol. The molecule has 3 heterocycles. The van der Waals surface area contributed by atoms with Crippen molar-refractivity contribution >= 4 is 5.96 Å². The fraction of sp³-hybridized carbons (Fsp3) is 0.524. The lowest BCUT2D eigenvalue weighted by Crippen LogP contribution is -2.41. The van der Waals surface area contributed by atoms with E-state index in [4.69, 9.17) is 9.73 Å². The Morgan fingerprint density at radius 2 is 2.22 bits per heavy atom. The topological polar surface area (TPSA) is 54.7 Å². The Balaban J connectivity index is 1.43. The second kappa shape index (κ2) is 8.13. The van der Waals surface area contributed by atoms with Crippen LogP contribution >= 0.6 is 0 Å². The van der Waals surface area contributed by atoms with E-state index in [1.807, 2.05) is 23.1 Å². The first-order chi connectivity index (χ1) is 13.3. The number of rotatable bonds is 5. The number of benzene rings is 1. The molecule has 2 aliphatic heterocycles. The minimum atomic E-state index is 0.347. The van der Waals surface area contributed by atoms with Crippen LogP contribution in [0.5, 0.6) is 0 Å². The maximum absolute atomic E-state index is 5.66. The number of aliphatic imine (C=N–C) groups is 1. The maximum atomic E-state index is 5.66. The number of hydrogen-bond acceptors (Lipinski definition) is 3. The molecule has 1 unspecified atom stereocenters. The number of nitrogens with zero attached hydrogens (tertiary/aromatic N) is 4. The monoisotopic (exact) mass is 367 g/mol. The van der Waals surface area contributed by atoms with Gasteiger partial charge in [0.15, 0.2) is 5.96 Å². The lowest BCUT2D eigenvalue weighted by Gasteiger charge is -2.25. The molecule has 4 rings (SSSR count). The smallest absolute Gasteiger partial charge is 0.194 e. The summed E-state index contributed by atoms with van der Waals surface area (Å²) < 4.78 is 7.61. The zero-order chi connectivity index (χ0) is 18.5. The normalized spacial score (nSPS) is 22.7. The predicted molar refractivity (Wildman–Crippen MR) is 107 cm³/mol. The first-order valence-corrected chi connectivity index (χ1v) is 9.93. The second-order valence-electron chi connectivity index (χ2n) is 7.67. The van der Waals surface area contributed by atoms with Crippen molar-refractivity contribution < 1.29 is 4.74 Å². The molecule has 1 atom stereocenters. The van der Waals surface area contributed by atoms with Gasteiger partial charge in [0, 0.05) is 44.0 Å². The van der Waals surface area contributed by atoms with Crippen molar-refractivity contribution in [2.24, 2.45) is 10.4 Å². The van der Waals surface area contributed by atoms with Crippen LogP contribution in [0.3, 0.4) is 0 Å². The van der Waals surface area contributed by atoms with E-state index in [0.29, 0.717) is 12.0 Å². The number of nitrogens with one attached hydrogen (secondary N) is 1. The lowest BCUT2D eigenvalue weighted by molar-refractivity contribution is 0.156. The molecule has 2 saturated heterocycles. The van der Waals surface area contributed by atoms with E-state index in [-0.39, 0.29) is 0 Å². The molecule has 1 aromatic carbocycles. The summed E-state index contributed by atoms with van der Waals surface area (Å²) in [6, 6.07) is 10.6. The molecule has 0 bridgehead atoms. The standard InChI is InChI=1S/C21H29N5O/c1-2-22-20(25-11-7-21(16-25)8-12-27-17-21)23-14-18-5-3-6-19(13-18)15-26-10-4-9-24-26/h3-6,9-10,13H,2,7-8,11-12,14-17H2,1H3,(H,22,23). The van der Waals surface area contributed by atoms with Gasteiger partial charge < -0.3 is 15.0 Å². The minimum absolute atomic E-state index is 0.347. The Kier molecular flexibility index (Phi) is 5.43. The molecule has 2 fully saturated rings. The number of hydrogen-bond donors (Lipinski definition) is 1. The van der Waals surface area contributed by atoms with Crippen molar-refractivity contribution in [2.45, 2.75) is 32.9 Å². The summed E-state index contributed by atoms with van der Waals surface area (Å²) in [4.78, 5) is 7.34. The van der Waals surface area contributed by atoms with Crippen molar-refractivity contribution in [2.75, 3.05) is 32.8 Å². The summed E-state index contributed by atoms with van der Waals surface area (Å²) in [5.74, 6) is 1.03. The van der Waals surface area contributed by atoms with Crippen molar-refractivity contribution in [1.82, 2.24) is 20.0 Å². The molecule has 1 spiro atoms. The van der Waals surface area contributed by atoms with Gasteiger partial charge in [0.05, 0.1) is 19.7 Å². The Labute approximate surface area is 161 Å². The average Bonchev–Trinajstić information content (AvgIpc) is 3.43. The third-order valence-electron chi connectivity index (χ3n) is 5.56. The van der Waals surface area contributed by atoms with Crippen LogP contribution in [0.15, 0.2) is 47.7 Å². The van der Waals surface area contributed by atoms with E-state index >= 15 is 0 Å². The van der Waals surface area contributed by atoms with E-state index in [2.05, 4.69) is 46.5 Å². The first kappa shape index (κ1) is 18.0. The number of likely N-dealkylation sites (tertiary alicyclic amines) is 1. The number of guanidine groups is 1. The van der Waals surface area contributed by atoms with Gasteiger partial charge in [0.2, 0.25) is 0 Å². The van der Waals surface area contributed by atoms with Crippen molar-refractivity contribution in [3.8, 4) is 0 Å². The van der Waals surface area contributed by atoms with Crippen LogP contribution in [0.25, 0.3) is 0 Å². The largest absolute Gasteiger partial charge is 0.381 e. The molecule has 0 saturated carbocycles. The molecule has 0 amide bonds. The quantitative estimate of drug-likeness (QED) is 0.652. The van der Waals surface area contributed by atoms with Crippen LogP contribution in [-0.4, -0.2) is 53.5 Å². The molecular formula is C21H29N5O. The van der Waals surface area contributed by atoms with Crippen LogP contribution < -0.4 is 5.32 Å². The number of aromatic nitrogens is 2. The Morgan fingerprint density at radius 3 is 3.00 bits per heavy atom. The van der Waals surface area contributed by atoms with Crippen molar-refractivity contribution in [3.63, 3.8) is 0 Å². The van der Waals surface area contributed by atoms with E-state index in [1.165, 1.54) is 24.0 Å². The van der Waals surface area contributed by atoms with E-state index in [1.54, 1.807) is 0 Å². The van der Waals surface area contributed by atoms with Gasteiger partial charge in [-0.2, -0.15) is 5.10 Å². The maximum Gasteiger partial charge on any atom is 0.194 e. The molecule has 144 valence electrons. The van der Waals surface area contributed by atoms with Crippen LogP contribution in [-0.2, 0) is 17.8 Å². The van der Waals surface area contributed by atoms with Crippen LogP contribution in [0.1, 0.15) is 30.9 Å². The summed E-state index contributed by atoms with van der Waals surface area (Å²) in [5.41, 5.74) is 2.83. The molecule has 0 aliphatic carbocycles. The lowest BCUT2D eigenvalue weighted by atomic mass is 9.87. The van der Waals surface area contributed by atoms with E-state index in [0.717, 1.165) is 45.4 Å². The SMILES string of the molecule is CCNC(=NCc1cccc(Cn2cccn2)c1)N1CCC2(CCOC2)C1. The number of ether oxygens (including phenoxy) is 1. The van der Waals surface area contributed by atoms with Gasteiger partial charge in [-0.05, 0) is 37.0 Å². The van der Waals surface area contributed by atoms with Crippen LogP contribution in [0, 0.1) is 5.41 Å². The minimum Gasteiger partial charge on any atom is -0.381 e. The van der Waals surface area contributed by atoms with Crippen LogP contribution in [0.4, 0.5) is 0 Å². The first-order valence-electron chi connectivity index (χ1n) is 9.93. The molecule has 0 radical (unpaired) electrons. The molecule has 2 aliphatic rings. The Hall–Kier alpha value is -2.34. The summed E-state index contributed by atoms with van der Waals surface area (Å²) in [6.07, 6.45) is 6.19. The predicted octanol–water partition coefficient (Wildman–Crippen LogP) is 2.51. The zero-order valence-corrected chi connectivity index (χ0v) is 16.1. The fourth-order valence-electron chi connectivity index (χ4n) is 4.09. The molecule has 6 nitrogen and oxygen atoms in total. The summed E-state index contributed by atoms with van der Waals surface area (Å²) in [5, 5.41) is 7.76. The highest BCUT2D eigenvalue weighted by Gasteiger charge is 2.42. The van der Waals surface area contributed by atoms with Gasteiger partial charge in [-0.15, -0.1) is 0 Å². The molecule has 2 aromatic rings. The molecule has 1 aromatic heterocycles. The Morgan fingerprint density at radius 1 is 1.30 bits per heavy atom. The van der Waals surface area contributed by atoms with Gasteiger partial charge in [-0.1, -0.05) is 24.3 Å². The molecule has 1 N–H and O–H groups in total. The van der Waals surface area contributed by atoms with Gasteiger partial charge in [-0.3, -0.25) is 4.68 Å². The van der Waals surface area contributed by atoms with Crippen LogP contribution in [0.2, 0.25) is 0 Å².